The van der Waals surface area contributed by atoms with Crippen LogP contribution in [-0.2, 0) is 0 Å². The Balaban J connectivity index is 1.95. The lowest BCUT2D eigenvalue weighted by atomic mass is 10.1. The van der Waals surface area contributed by atoms with Gasteiger partial charge in [-0.2, -0.15) is 4.98 Å². The molecule has 118 valence electrons. The second-order valence-electron chi connectivity index (χ2n) is 4.90. The predicted molar refractivity (Wildman–Crippen MR) is 89.5 cm³/mol. The van der Waals surface area contributed by atoms with Gasteiger partial charge in [0.15, 0.2) is 0 Å². The Morgan fingerprint density at radius 1 is 1.09 bits per heavy atom. The van der Waals surface area contributed by atoms with Gasteiger partial charge in [0, 0.05) is 11.1 Å². The average molecular weight is 328 g/mol. The lowest BCUT2D eigenvalue weighted by Gasteiger charge is -2.13. The van der Waals surface area contributed by atoms with Gasteiger partial charge in [-0.25, -0.2) is 0 Å². The first-order valence-electron chi connectivity index (χ1n) is 7.21. The quantitative estimate of drug-likeness (QED) is 0.737. The summed E-state index contributed by atoms with van der Waals surface area (Å²) in [5.74, 6) is 2.14. The molecule has 0 amide bonds. The molecule has 0 saturated carbocycles. The molecule has 1 heterocycles. The van der Waals surface area contributed by atoms with Crippen LogP contribution in [0.4, 0.5) is 0 Å². The molecule has 0 radical (unpaired) electrons. The molecule has 23 heavy (non-hydrogen) atoms. The molecule has 1 atom stereocenters. The number of thioether (sulfide) groups is 1. The number of para-hydroxylation sites is 1. The van der Waals surface area contributed by atoms with Crippen molar-refractivity contribution in [1.29, 1.82) is 0 Å². The van der Waals surface area contributed by atoms with E-state index in [1.165, 1.54) is 0 Å². The van der Waals surface area contributed by atoms with Crippen LogP contribution in [0.5, 0.6) is 11.5 Å². The Kier molecular flexibility index (Phi) is 4.52. The highest BCUT2D eigenvalue weighted by molar-refractivity contribution is 7.99. The maximum absolute atomic E-state index is 10.1. The second-order valence-corrected chi connectivity index (χ2v) is 6.28. The summed E-state index contributed by atoms with van der Waals surface area (Å²) in [6, 6.07) is 13.8. The van der Waals surface area contributed by atoms with Crippen LogP contribution in [-0.4, -0.2) is 26.1 Å². The van der Waals surface area contributed by atoms with E-state index < -0.39 is 0 Å². The molecular formula is C17H16N2O3S. The third-order valence-corrected chi connectivity index (χ3v) is 4.47. The summed E-state index contributed by atoms with van der Waals surface area (Å²) in [7, 11) is 0. The molecule has 0 aliphatic carbocycles. The van der Waals surface area contributed by atoms with E-state index in [1.54, 1.807) is 48.2 Å². The van der Waals surface area contributed by atoms with Crippen molar-refractivity contribution in [2.75, 3.05) is 5.75 Å². The Morgan fingerprint density at radius 2 is 1.83 bits per heavy atom. The Bertz CT molecular complexity index is 787. The Morgan fingerprint density at radius 3 is 2.52 bits per heavy atom. The summed E-state index contributed by atoms with van der Waals surface area (Å²) >= 11 is 1.61. The molecule has 1 aromatic heterocycles. The lowest BCUT2D eigenvalue weighted by Crippen LogP contribution is -1.98. The summed E-state index contributed by atoms with van der Waals surface area (Å²) in [6.45, 7) is 2.04. The molecule has 0 fully saturated rings. The molecule has 5 nitrogen and oxygen atoms in total. The lowest BCUT2D eigenvalue weighted by molar-refractivity contribution is 0.381. The third-order valence-electron chi connectivity index (χ3n) is 3.34. The molecule has 0 saturated heterocycles. The van der Waals surface area contributed by atoms with E-state index in [4.69, 9.17) is 4.52 Å². The number of hydrogen-bond acceptors (Lipinski definition) is 6. The summed E-state index contributed by atoms with van der Waals surface area (Å²) in [4.78, 5) is 4.46. The van der Waals surface area contributed by atoms with E-state index in [9.17, 15) is 10.2 Å². The van der Waals surface area contributed by atoms with Crippen LogP contribution in [0.3, 0.4) is 0 Å². The van der Waals surface area contributed by atoms with Crippen molar-refractivity contribution in [3.63, 3.8) is 0 Å². The summed E-state index contributed by atoms with van der Waals surface area (Å²) in [5.41, 5.74) is 1.51. The zero-order valence-electron chi connectivity index (χ0n) is 12.5. The number of hydrogen-bond donors (Lipinski definition) is 2. The van der Waals surface area contributed by atoms with Gasteiger partial charge in [0.1, 0.15) is 16.7 Å². The maximum atomic E-state index is 10.1. The molecule has 2 N–H and O–H groups in total. The molecule has 3 aromatic rings. The fourth-order valence-electron chi connectivity index (χ4n) is 2.24. The molecule has 0 spiro atoms. The number of nitrogens with zero attached hydrogens (tertiary/aromatic N) is 2. The monoisotopic (exact) mass is 328 g/mol. The average Bonchev–Trinajstić information content (AvgIpc) is 3.04. The molecule has 2 aromatic carbocycles. The Labute approximate surface area is 138 Å². The molecule has 0 aliphatic rings. The number of aromatic nitrogens is 2. The van der Waals surface area contributed by atoms with Crippen LogP contribution in [0.25, 0.3) is 11.4 Å². The molecule has 1 unspecified atom stereocenters. The van der Waals surface area contributed by atoms with Gasteiger partial charge in [0.25, 0.3) is 0 Å². The highest BCUT2D eigenvalue weighted by Crippen LogP contribution is 2.39. The normalized spacial score (nSPS) is 12.2. The van der Waals surface area contributed by atoms with Gasteiger partial charge in [0.2, 0.25) is 11.7 Å². The molecule has 6 heteroatoms. The van der Waals surface area contributed by atoms with Crippen LogP contribution in [0, 0.1) is 0 Å². The maximum Gasteiger partial charge on any atom is 0.244 e. The summed E-state index contributed by atoms with van der Waals surface area (Å²) in [5, 5.41) is 23.2. The molecular weight excluding hydrogens is 312 g/mol. The topological polar surface area (TPSA) is 79.4 Å². The van der Waals surface area contributed by atoms with Gasteiger partial charge in [-0.15, -0.1) is 11.8 Å². The fourth-order valence-corrected chi connectivity index (χ4v) is 3.19. The SMILES string of the molecule is CCSC(c1nc(-c2ccc(O)cc2)no1)c1ccccc1O. The molecule has 0 aliphatic heterocycles. The Hall–Kier alpha value is -2.47. The molecule has 0 bridgehead atoms. The van der Waals surface area contributed by atoms with Crippen molar-refractivity contribution in [3.05, 3.63) is 60.0 Å². The van der Waals surface area contributed by atoms with Crippen LogP contribution >= 0.6 is 11.8 Å². The standard InChI is InChI=1S/C17H16N2O3S/c1-2-23-15(13-5-3-4-6-14(13)21)17-18-16(19-22-17)11-7-9-12(20)10-8-11/h3-10,15,20-21H,2H2,1H3. The van der Waals surface area contributed by atoms with Crippen molar-refractivity contribution in [1.82, 2.24) is 10.1 Å². The van der Waals surface area contributed by atoms with Gasteiger partial charge in [-0.3, -0.25) is 0 Å². The van der Waals surface area contributed by atoms with Crippen molar-refractivity contribution >= 4 is 11.8 Å². The van der Waals surface area contributed by atoms with E-state index in [0.717, 1.165) is 16.9 Å². The summed E-state index contributed by atoms with van der Waals surface area (Å²) < 4.78 is 5.42. The van der Waals surface area contributed by atoms with E-state index in [-0.39, 0.29) is 16.7 Å². The van der Waals surface area contributed by atoms with Gasteiger partial charge in [-0.1, -0.05) is 30.3 Å². The summed E-state index contributed by atoms with van der Waals surface area (Å²) in [6.07, 6.45) is 0. The van der Waals surface area contributed by atoms with Gasteiger partial charge >= 0.3 is 0 Å². The van der Waals surface area contributed by atoms with Gasteiger partial charge in [0.05, 0.1) is 0 Å². The first-order chi connectivity index (χ1) is 11.2. The van der Waals surface area contributed by atoms with Gasteiger partial charge < -0.3 is 14.7 Å². The highest BCUT2D eigenvalue weighted by Gasteiger charge is 2.24. The number of phenols is 2. The predicted octanol–water partition coefficient (Wildman–Crippen LogP) is 3.99. The van der Waals surface area contributed by atoms with Crippen LogP contribution in [0.1, 0.15) is 23.6 Å². The van der Waals surface area contributed by atoms with E-state index in [1.807, 2.05) is 19.1 Å². The van der Waals surface area contributed by atoms with E-state index >= 15 is 0 Å². The van der Waals surface area contributed by atoms with E-state index in [0.29, 0.717) is 11.7 Å². The van der Waals surface area contributed by atoms with Gasteiger partial charge in [-0.05, 0) is 36.1 Å². The number of benzene rings is 2. The van der Waals surface area contributed by atoms with E-state index in [2.05, 4.69) is 10.1 Å². The van der Waals surface area contributed by atoms with Crippen molar-refractivity contribution < 1.29 is 14.7 Å². The van der Waals surface area contributed by atoms with Crippen LogP contribution in [0.15, 0.2) is 53.1 Å². The third kappa shape index (κ3) is 3.32. The largest absolute Gasteiger partial charge is 0.508 e. The minimum absolute atomic E-state index is 0.186. The van der Waals surface area contributed by atoms with Crippen molar-refractivity contribution in [3.8, 4) is 22.9 Å². The highest BCUT2D eigenvalue weighted by atomic mass is 32.2. The molecule has 3 rings (SSSR count). The number of aromatic hydroxyl groups is 2. The van der Waals surface area contributed by atoms with Crippen LogP contribution in [0.2, 0.25) is 0 Å². The number of phenolic OH excluding ortho intramolecular Hbond substituents is 2. The minimum Gasteiger partial charge on any atom is -0.508 e. The first kappa shape index (κ1) is 15.4. The second kappa shape index (κ2) is 6.75. The zero-order chi connectivity index (χ0) is 16.2. The number of rotatable bonds is 5. The minimum atomic E-state index is -0.223. The van der Waals surface area contributed by atoms with Crippen LogP contribution < -0.4 is 0 Å². The first-order valence-corrected chi connectivity index (χ1v) is 8.26. The van der Waals surface area contributed by atoms with Crippen molar-refractivity contribution in [2.24, 2.45) is 0 Å². The fraction of sp³-hybridized carbons (Fsp3) is 0.176. The zero-order valence-corrected chi connectivity index (χ0v) is 13.3. The van der Waals surface area contributed by atoms with Crippen molar-refractivity contribution in [2.45, 2.75) is 12.2 Å². The smallest absolute Gasteiger partial charge is 0.244 e.